The van der Waals surface area contributed by atoms with Crippen LogP contribution in [0, 0.1) is 5.41 Å². The highest BCUT2D eigenvalue weighted by atomic mass is 16.2. The summed E-state index contributed by atoms with van der Waals surface area (Å²) in [6.07, 6.45) is 5.82. The number of imidazole rings is 1. The molecule has 7 heteroatoms. The van der Waals surface area contributed by atoms with Crippen molar-refractivity contribution in [1.29, 1.82) is 0 Å². The Labute approximate surface area is 168 Å². The number of rotatable bonds is 4. The molecule has 1 fully saturated rings. The third-order valence-electron chi connectivity index (χ3n) is 6.03. The maximum absolute atomic E-state index is 13.3. The van der Waals surface area contributed by atoms with Crippen LogP contribution >= 0.6 is 0 Å². The summed E-state index contributed by atoms with van der Waals surface area (Å²) in [5, 5.41) is 5.64. The first kappa shape index (κ1) is 20.8. The SMILES string of the molecule is CNC(=O)[C@@H](NC(=O)c1nc(C2CCCC2)n2c1CN(C)CCC2)C(C)(C)C. The molecule has 0 bridgehead atoms. The van der Waals surface area contributed by atoms with Crippen molar-refractivity contribution in [2.24, 2.45) is 5.41 Å². The van der Waals surface area contributed by atoms with Crippen molar-refractivity contribution in [2.45, 2.75) is 77.9 Å². The molecule has 1 aromatic heterocycles. The monoisotopic (exact) mass is 389 g/mol. The third kappa shape index (κ3) is 4.24. The summed E-state index contributed by atoms with van der Waals surface area (Å²) in [6, 6.07) is -0.610. The Kier molecular flexibility index (Phi) is 6.12. The molecule has 2 heterocycles. The summed E-state index contributed by atoms with van der Waals surface area (Å²) in [6.45, 7) is 8.50. The van der Waals surface area contributed by atoms with Crippen molar-refractivity contribution in [2.75, 3.05) is 20.6 Å². The molecule has 0 unspecified atom stereocenters. The van der Waals surface area contributed by atoms with Crippen molar-refractivity contribution in [3.63, 3.8) is 0 Å². The van der Waals surface area contributed by atoms with Gasteiger partial charge in [-0.1, -0.05) is 33.6 Å². The zero-order valence-electron chi connectivity index (χ0n) is 18.0. The highest BCUT2D eigenvalue weighted by Crippen LogP contribution is 2.35. The quantitative estimate of drug-likeness (QED) is 0.828. The van der Waals surface area contributed by atoms with E-state index in [9.17, 15) is 9.59 Å². The number of carbonyl (C=O) groups excluding carboxylic acids is 2. The van der Waals surface area contributed by atoms with E-state index in [1.165, 1.54) is 12.8 Å². The molecule has 1 atom stereocenters. The van der Waals surface area contributed by atoms with Crippen molar-refractivity contribution in [1.82, 2.24) is 25.1 Å². The van der Waals surface area contributed by atoms with E-state index in [0.29, 0.717) is 18.2 Å². The summed E-state index contributed by atoms with van der Waals surface area (Å²) in [7, 11) is 3.69. The second kappa shape index (κ2) is 8.23. The molecule has 0 saturated heterocycles. The lowest BCUT2D eigenvalue weighted by atomic mass is 9.86. The molecular formula is C21H35N5O2. The summed E-state index contributed by atoms with van der Waals surface area (Å²) in [5.41, 5.74) is 1.09. The molecule has 28 heavy (non-hydrogen) atoms. The first-order valence-electron chi connectivity index (χ1n) is 10.5. The standard InChI is InChI=1S/C21H35N5O2/c1-21(2,3)17(20(28)22-4)24-19(27)16-15-13-25(5)11-8-12-26(15)18(23-16)14-9-6-7-10-14/h14,17H,6-13H2,1-5H3,(H,22,28)(H,24,27)/t17-/m1/s1. The molecule has 0 aromatic carbocycles. The van der Waals surface area contributed by atoms with Gasteiger partial charge in [0.1, 0.15) is 11.9 Å². The predicted molar refractivity (Wildman–Crippen MR) is 109 cm³/mol. The smallest absolute Gasteiger partial charge is 0.272 e. The molecule has 1 aliphatic heterocycles. The number of likely N-dealkylation sites (N-methyl/N-ethyl adjacent to an activating group) is 1. The molecule has 0 radical (unpaired) electrons. The average molecular weight is 390 g/mol. The molecule has 2 amide bonds. The third-order valence-corrected chi connectivity index (χ3v) is 6.03. The van der Waals surface area contributed by atoms with Gasteiger partial charge in [-0.15, -0.1) is 0 Å². The summed E-state index contributed by atoms with van der Waals surface area (Å²) in [5.74, 6) is 1.09. The first-order chi connectivity index (χ1) is 13.2. The van der Waals surface area contributed by atoms with Crippen LogP contribution in [0.3, 0.4) is 0 Å². The van der Waals surface area contributed by atoms with Crippen LogP contribution in [0.25, 0.3) is 0 Å². The van der Waals surface area contributed by atoms with Crippen molar-refractivity contribution >= 4 is 11.8 Å². The second-order valence-corrected chi connectivity index (χ2v) is 9.38. The number of nitrogens with zero attached hydrogens (tertiary/aromatic N) is 3. The Morgan fingerprint density at radius 2 is 1.82 bits per heavy atom. The number of hydrogen-bond acceptors (Lipinski definition) is 4. The van der Waals surface area contributed by atoms with Gasteiger partial charge < -0.3 is 20.1 Å². The Morgan fingerprint density at radius 1 is 1.14 bits per heavy atom. The molecular weight excluding hydrogens is 354 g/mol. The van der Waals surface area contributed by atoms with Crippen LogP contribution in [0.4, 0.5) is 0 Å². The van der Waals surface area contributed by atoms with Gasteiger partial charge in [0.25, 0.3) is 5.91 Å². The van der Waals surface area contributed by atoms with E-state index >= 15 is 0 Å². The van der Waals surface area contributed by atoms with Gasteiger partial charge in [-0.05, 0) is 38.3 Å². The lowest BCUT2D eigenvalue weighted by Gasteiger charge is -2.29. The van der Waals surface area contributed by atoms with Crippen LogP contribution in [-0.4, -0.2) is 52.9 Å². The molecule has 0 spiro atoms. The molecule has 156 valence electrons. The van der Waals surface area contributed by atoms with E-state index in [-0.39, 0.29) is 11.8 Å². The van der Waals surface area contributed by atoms with E-state index < -0.39 is 11.5 Å². The van der Waals surface area contributed by atoms with E-state index in [4.69, 9.17) is 4.98 Å². The highest BCUT2D eigenvalue weighted by molar-refractivity contribution is 5.97. The van der Waals surface area contributed by atoms with E-state index in [1.807, 2.05) is 20.8 Å². The Balaban J connectivity index is 1.96. The van der Waals surface area contributed by atoms with Crippen LogP contribution in [0.5, 0.6) is 0 Å². The van der Waals surface area contributed by atoms with Gasteiger partial charge in [0.2, 0.25) is 5.91 Å². The van der Waals surface area contributed by atoms with E-state index in [0.717, 1.165) is 43.9 Å². The Hall–Kier alpha value is -1.89. The van der Waals surface area contributed by atoms with Crippen LogP contribution in [0.2, 0.25) is 0 Å². The molecule has 1 aliphatic carbocycles. The fourth-order valence-corrected chi connectivity index (χ4v) is 4.45. The second-order valence-electron chi connectivity index (χ2n) is 9.38. The van der Waals surface area contributed by atoms with Gasteiger partial charge in [0.05, 0.1) is 5.69 Å². The Bertz CT molecular complexity index is 728. The normalized spacial score (nSPS) is 19.8. The summed E-state index contributed by atoms with van der Waals surface area (Å²) >= 11 is 0. The van der Waals surface area contributed by atoms with Gasteiger partial charge in [-0.3, -0.25) is 9.59 Å². The minimum atomic E-state index is -0.610. The number of carbonyl (C=O) groups is 2. The summed E-state index contributed by atoms with van der Waals surface area (Å²) in [4.78, 5) is 32.7. The topological polar surface area (TPSA) is 79.3 Å². The predicted octanol–water partition coefficient (Wildman–Crippen LogP) is 2.27. The fourth-order valence-electron chi connectivity index (χ4n) is 4.45. The largest absolute Gasteiger partial charge is 0.357 e. The van der Waals surface area contributed by atoms with Crippen molar-refractivity contribution in [3.05, 3.63) is 17.2 Å². The first-order valence-corrected chi connectivity index (χ1v) is 10.5. The Morgan fingerprint density at radius 3 is 2.43 bits per heavy atom. The van der Waals surface area contributed by atoms with Gasteiger partial charge >= 0.3 is 0 Å². The zero-order chi connectivity index (χ0) is 20.5. The lowest BCUT2D eigenvalue weighted by Crippen LogP contribution is -2.53. The maximum atomic E-state index is 13.3. The molecule has 2 N–H and O–H groups in total. The van der Waals surface area contributed by atoms with Crippen molar-refractivity contribution < 1.29 is 9.59 Å². The molecule has 1 aromatic rings. The van der Waals surface area contributed by atoms with Crippen LogP contribution in [-0.2, 0) is 17.9 Å². The fraction of sp³-hybridized carbons (Fsp3) is 0.762. The number of aromatic nitrogens is 2. The number of amides is 2. The highest BCUT2D eigenvalue weighted by Gasteiger charge is 2.35. The van der Waals surface area contributed by atoms with E-state index in [2.05, 4.69) is 27.1 Å². The number of fused-ring (bicyclic) bond motifs is 1. The molecule has 7 nitrogen and oxygen atoms in total. The number of hydrogen-bond donors (Lipinski definition) is 2. The number of nitrogens with one attached hydrogen (secondary N) is 2. The minimum Gasteiger partial charge on any atom is -0.357 e. The van der Waals surface area contributed by atoms with Crippen LogP contribution in [0.1, 0.15) is 80.8 Å². The van der Waals surface area contributed by atoms with Crippen molar-refractivity contribution in [3.8, 4) is 0 Å². The summed E-state index contributed by atoms with van der Waals surface area (Å²) < 4.78 is 2.29. The van der Waals surface area contributed by atoms with Crippen LogP contribution < -0.4 is 10.6 Å². The average Bonchev–Trinajstić information content (AvgIpc) is 3.22. The van der Waals surface area contributed by atoms with Gasteiger partial charge in [0.15, 0.2) is 5.69 Å². The molecule has 3 rings (SSSR count). The lowest BCUT2D eigenvalue weighted by molar-refractivity contribution is -0.124. The molecule has 2 aliphatic rings. The van der Waals surface area contributed by atoms with E-state index in [1.54, 1.807) is 7.05 Å². The van der Waals surface area contributed by atoms with Gasteiger partial charge in [0, 0.05) is 26.1 Å². The van der Waals surface area contributed by atoms with Crippen LogP contribution in [0.15, 0.2) is 0 Å². The van der Waals surface area contributed by atoms with Gasteiger partial charge in [-0.25, -0.2) is 4.98 Å². The maximum Gasteiger partial charge on any atom is 0.272 e. The minimum absolute atomic E-state index is 0.181. The van der Waals surface area contributed by atoms with Gasteiger partial charge in [-0.2, -0.15) is 0 Å². The zero-order valence-corrected chi connectivity index (χ0v) is 18.0. The molecule has 1 saturated carbocycles.